The fraction of sp³-hybridized carbons (Fsp3) is 0.250. The van der Waals surface area contributed by atoms with Crippen molar-refractivity contribution >= 4 is 17.0 Å². The summed E-state index contributed by atoms with van der Waals surface area (Å²) in [6.45, 7) is 1.86. The van der Waals surface area contributed by atoms with Gasteiger partial charge >= 0.3 is 0 Å². The van der Waals surface area contributed by atoms with E-state index in [0.717, 1.165) is 5.56 Å². The first-order valence-corrected chi connectivity index (χ1v) is 3.91. The molecule has 0 radical (unpaired) electrons. The van der Waals surface area contributed by atoms with Gasteiger partial charge in [-0.1, -0.05) is 0 Å². The van der Waals surface area contributed by atoms with Crippen LogP contribution in [0.5, 0.6) is 0 Å². The van der Waals surface area contributed by atoms with Crippen molar-refractivity contribution in [1.29, 1.82) is 0 Å². The van der Waals surface area contributed by atoms with Gasteiger partial charge in [0.05, 0.1) is 5.39 Å². The molecule has 5 heteroatoms. The Bertz CT molecular complexity index is 523. The molecule has 0 unspecified atom stereocenters. The third kappa shape index (κ3) is 0.932. The Morgan fingerprint density at radius 2 is 2.31 bits per heavy atom. The summed E-state index contributed by atoms with van der Waals surface area (Å²) in [5.41, 5.74) is 6.86. The Balaban J connectivity index is 3.06. The van der Waals surface area contributed by atoms with E-state index in [-0.39, 0.29) is 11.5 Å². The number of rotatable bonds is 0. The molecular weight excluding hydrogens is 168 g/mol. The molecule has 0 aliphatic rings. The Hall–Kier alpha value is -1.78. The van der Waals surface area contributed by atoms with Crippen molar-refractivity contribution in [3.8, 4) is 0 Å². The first-order chi connectivity index (χ1) is 6.11. The lowest BCUT2D eigenvalue weighted by Crippen LogP contribution is -2.21. The largest absolute Gasteiger partial charge is 0.369 e. The van der Waals surface area contributed by atoms with E-state index in [0.29, 0.717) is 11.0 Å². The second-order valence-electron chi connectivity index (χ2n) is 3.03. The predicted octanol–water partition coefficient (Wildman–Crippen LogP) is 0.152. The number of hydrogen-bond donors (Lipinski definition) is 2. The summed E-state index contributed by atoms with van der Waals surface area (Å²) >= 11 is 0. The molecule has 13 heavy (non-hydrogen) atoms. The summed E-state index contributed by atoms with van der Waals surface area (Å²) in [5, 5.41) is 0.608. The maximum Gasteiger partial charge on any atom is 0.264 e. The van der Waals surface area contributed by atoms with Crippen LogP contribution < -0.4 is 11.3 Å². The molecule has 2 rings (SSSR count). The lowest BCUT2D eigenvalue weighted by molar-refractivity contribution is 0.860. The molecule has 0 fully saturated rings. The van der Waals surface area contributed by atoms with Crippen LogP contribution in [0.1, 0.15) is 5.56 Å². The number of nitrogens with zero attached hydrogens (tertiary/aromatic N) is 2. The van der Waals surface area contributed by atoms with Gasteiger partial charge in [0.25, 0.3) is 5.56 Å². The molecule has 0 amide bonds. The number of aryl methyl sites for hydroxylation is 1. The molecule has 0 spiro atoms. The maximum absolute atomic E-state index is 11.7. The van der Waals surface area contributed by atoms with E-state index in [2.05, 4.69) is 9.97 Å². The average molecular weight is 178 g/mol. The third-order valence-electron chi connectivity index (χ3n) is 2.15. The van der Waals surface area contributed by atoms with Gasteiger partial charge in [0.15, 0.2) is 0 Å². The van der Waals surface area contributed by atoms with Crippen LogP contribution in [0.3, 0.4) is 0 Å². The predicted molar refractivity (Wildman–Crippen MR) is 50.5 cm³/mol. The number of nitrogens with two attached hydrogens (primary N) is 1. The molecule has 0 saturated carbocycles. The van der Waals surface area contributed by atoms with Crippen LogP contribution in [-0.2, 0) is 7.05 Å². The van der Waals surface area contributed by atoms with E-state index in [4.69, 9.17) is 5.73 Å². The van der Waals surface area contributed by atoms with Gasteiger partial charge in [-0.25, -0.2) is 0 Å². The van der Waals surface area contributed by atoms with Crippen molar-refractivity contribution in [2.75, 3.05) is 5.73 Å². The van der Waals surface area contributed by atoms with Crippen molar-refractivity contribution in [1.82, 2.24) is 14.5 Å². The summed E-state index contributed by atoms with van der Waals surface area (Å²) in [6.07, 6.45) is 1.75. The summed E-state index contributed by atoms with van der Waals surface area (Å²) in [6, 6.07) is 0. The van der Waals surface area contributed by atoms with Crippen LogP contribution in [0.4, 0.5) is 5.95 Å². The molecule has 0 bridgehead atoms. The second-order valence-corrected chi connectivity index (χ2v) is 3.03. The van der Waals surface area contributed by atoms with Gasteiger partial charge in [0.1, 0.15) is 5.65 Å². The highest BCUT2D eigenvalue weighted by atomic mass is 16.1. The second kappa shape index (κ2) is 2.35. The minimum atomic E-state index is -0.110. The zero-order valence-corrected chi connectivity index (χ0v) is 7.46. The van der Waals surface area contributed by atoms with Gasteiger partial charge in [-0.05, 0) is 12.5 Å². The molecule has 0 aliphatic carbocycles. The SMILES string of the molecule is Cc1c[nH]c2nc(N)n(C)c(=O)c12. The topological polar surface area (TPSA) is 76.7 Å². The van der Waals surface area contributed by atoms with Crippen molar-refractivity contribution < 1.29 is 0 Å². The lowest BCUT2D eigenvalue weighted by atomic mass is 10.3. The van der Waals surface area contributed by atoms with E-state index in [9.17, 15) is 4.79 Å². The van der Waals surface area contributed by atoms with Gasteiger partial charge in [0, 0.05) is 13.2 Å². The zero-order chi connectivity index (χ0) is 9.59. The molecule has 0 atom stereocenters. The normalized spacial score (nSPS) is 10.9. The summed E-state index contributed by atoms with van der Waals surface area (Å²) in [7, 11) is 1.61. The monoisotopic (exact) mass is 178 g/mol. The van der Waals surface area contributed by atoms with E-state index in [1.165, 1.54) is 4.57 Å². The van der Waals surface area contributed by atoms with Crippen molar-refractivity contribution in [3.05, 3.63) is 22.1 Å². The number of nitrogens with one attached hydrogen (secondary N) is 1. The molecule has 2 heterocycles. The van der Waals surface area contributed by atoms with Gasteiger partial charge in [-0.3, -0.25) is 9.36 Å². The Morgan fingerprint density at radius 3 is 3.00 bits per heavy atom. The van der Waals surface area contributed by atoms with Gasteiger partial charge < -0.3 is 10.7 Å². The molecule has 5 nitrogen and oxygen atoms in total. The molecule has 0 aliphatic heterocycles. The number of aromatic amines is 1. The number of H-pyrrole nitrogens is 1. The minimum Gasteiger partial charge on any atom is -0.369 e. The standard InChI is InChI=1S/C8H10N4O/c1-4-3-10-6-5(4)7(13)12(2)8(9)11-6/h3,10H,1-2H3,(H2,9,11). The van der Waals surface area contributed by atoms with Gasteiger partial charge in [-0.2, -0.15) is 4.98 Å². The van der Waals surface area contributed by atoms with E-state index < -0.39 is 0 Å². The first-order valence-electron chi connectivity index (χ1n) is 3.91. The van der Waals surface area contributed by atoms with Gasteiger partial charge in [-0.15, -0.1) is 0 Å². The summed E-state index contributed by atoms with van der Waals surface area (Å²) < 4.78 is 1.34. The van der Waals surface area contributed by atoms with Crippen LogP contribution in [0.25, 0.3) is 11.0 Å². The fourth-order valence-corrected chi connectivity index (χ4v) is 1.33. The number of anilines is 1. The van der Waals surface area contributed by atoms with Crippen molar-refractivity contribution in [3.63, 3.8) is 0 Å². The van der Waals surface area contributed by atoms with Crippen LogP contribution in [-0.4, -0.2) is 14.5 Å². The number of fused-ring (bicyclic) bond motifs is 1. The Morgan fingerprint density at radius 1 is 1.62 bits per heavy atom. The average Bonchev–Trinajstić information content (AvgIpc) is 2.43. The summed E-state index contributed by atoms with van der Waals surface area (Å²) in [5.74, 6) is 0.222. The van der Waals surface area contributed by atoms with E-state index in [1.54, 1.807) is 13.2 Å². The van der Waals surface area contributed by atoms with Crippen LogP contribution in [0.2, 0.25) is 0 Å². The zero-order valence-electron chi connectivity index (χ0n) is 7.46. The highest BCUT2D eigenvalue weighted by Gasteiger charge is 2.08. The third-order valence-corrected chi connectivity index (χ3v) is 2.15. The Labute approximate surface area is 74.2 Å². The van der Waals surface area contributed by atoms with Crippen molar-refractivity contribution in [2.24, 2.45) is 7.05 Å². The molecule has 68 valence electrons. The fourth-order valence-electron chi connectivity index (χ4n) is 1.33. The minimum absolute atomic E-state index is 0.110. The molecule has 2 aromatic heterocycles. The quantitative estimate of drug-likeness (QED) is 0.603. The number of aromatic nitrogens is 3. The highest BCUT2D eigenvalue weighted by molar-refractivity contribution is 5.79. The number of nitrogen functional groups attached to an aromatic ring is 1. The highest BCUT2D eigenvalue weighted by Crippen LogP contribution is 2.11. The smallest absolute Gasteiger partial charge is 0.264 e. The van der Waals surface area contributed by atoms with Crippen LogP contribution in [0, 0.1) is 6.92 Å². The first kappa shape index (κ1) is 7.85. The van der Waals surface area contributed by atoms with Crippen LogP contribution >= 0.6 is 0 Å². The lowest BCUT2D eigenvalue weighted by Gasteiger charge is -2.01. The molecule has 0 aromatic carbocycles. The maximum atomic E-state index is 11.7. The molecular formula is C8H10N4O. The molecule has 2 aromatic rings. The van der Waals surface area contributed by atoms with Crippen LogP contribution in [0.15, 0.2) is 11.0 Å². The van der Waals surface area contributed by atoms with E-state index in [1.807, 2.05) is 6.92 Å². The molecule has 3 N–H and O–H groups in total. The van der Waals surface area contributed by atoms with Crippen molar-refractivity contribution in [2.45, 2.75) is 6.92 Å². The Kier molecular flexibility index (Phi) is 1.42. The molecule has 0 saturated heterocycles. The summed E-state index contributed by atoms with van der Waals surface area (Å²) in [4.78, 5) is 18.6. The number of hydrogen-bond acceptors (Lipinski definition) is 3. The van der Waals surface area contributed by atoms with E-state index >= 15 is 0 Å². The van der Waals surface area contributed by atoms with Gasteiger partial charge in [0.2, 0.25) is 5.95 Å².